The van der Waals surface area contributed by atoms with Gasteiger partial charge < -0.3 is 5.32 Å². The lowest BCUT2D eigenvalue weighted by molar-refractivity contribution is -0.119. The molecule has 0 spiro atoms. The topological polar surface area (TPSA) is 66.4 Å². The maximum absolute atomic E-state index is 11.8. The van der Waals surface area contributed by atoms with Crippen LogP contribution in [-0.2, 0) is 4.79 Å². The molecule has 1 heterocycles. The second-order valence-electron chi connectivity index (χ2n) is 5.18. The molecule has 0 radical (unpaired) electrons. The number of amides is 1. The minimum absolute atomic E-state index is 0.171. The summed E-state index contributed by atoms with van der Waals surface area (Å²) < 4.78 is 0. The molecular weight excluding hydrogens is 276 g/mol. The first-order valence-corrected chi connectivity index (χ1v) is 7.11. The van der Waals surface area contributed by atoms with Crippen molar-refractivity contribution in [2.24, 2.45) is 5.10 Å². The van der Waals surface area contributed by atoms with Crippen LogP contribution in [0.1, 0.15) is 22.4 Å². The number of carbonyl (C=O) groups is 1. The van der Waals surface area contributed by atoms with Gasteiger partial charge in [-0.15, -0.1) is 0 Å². The zero-order valence-electron chi connectivity index (χ0n) is 13.1. The van der Waals surface area contributed by atoms with Crippen molar-refractivity contribution < 1.29 is 4.79 Å². The van der Waals surface area contributed by atoms with Crippen LogP contribution in [0.5, 0.6) is 0 Å². The number of carbonyl (C=O) groups excluding carboxylic acids is 1. The summed E-state index contributed by atoms with van der Waals surface area (Å²) in [7, 11) is 0. The van der Waals surface area contributed by atoms with Gasteiger partial charge in [-0.2, -0.15) is 5.10 Å². The molecule has 0 aliphatic heterocycles. The summed E-state index contributed by atoms with van der Waals surface area (Å²) >= 11 is 0. The second-order valence-corrected chi connectivity index (χ2v) is 5.18. The van der Waals surface area contributed by atoms with Crippen molar-refractivity contribution in [1.82, 2.24) is 10.4 Å². The Bertz CT molecular complexity index is 657. The number of nitrogens with one attached hydrogen (secondary N) is 2. The molecule has 5 nitrogen and oxygen atoms in total. The van der Waals surface area contributed by atoms with Gasteiger partial charge in [0.2, 0.25) is 0 Å². The van der Waals surface area contributed by atoms with E-state index in [2.05, 4.69) is 39.9 Å². The van der Waals surface area contributed by atoms with Crippen molar-refractivity contribution in [1.29, 1.82) is 0 Å². The Morgan fingerprint density at radius 2 is 1.95 bits per heavy atom. The highest BCUT2D eigenvalue weighted by atomic mass is 16.2. The number of rotatable bonds is 5. The third-order valence-corrected chi connectivity index (χ3v) is 3.18. The Morgan fingerprint density at radius 3 is 2.59 bits per heavy atom. The van der Waals surface area contributed by atoms with Crippen molar-refractivity contribution in [3.63, 3.8) is 0 Å². The lowest BCUT2D eigenvalue weighted by Gasteiger charge is -2.13. The lowest BCUT2D eigenvalue weighted by Crippen LogP contribution is -2.26. The van der Waals surface area contributed by atoms with Crippen molar-refractivity contribution in [3.05, 3.63) is 58.9 Å². The van der Waals surface area contributed by atoms with Crippen LogP contribution in [0.2, 0.25) is 0 Å². The maximum Gasteiger partial charge on any atom is 0.259 e. The summed E-state index contributed by atoms with van der Waals surface area (Å²) in [6.07, 6.45) is 3.19. The summed E-state index contributed by atoms with van der Waals surface area (Å²) in [5, 5.41) is 7.04. The molecule has 1 aromatic heterocycles. The molecule has 0 saturated carbocycles. The van der Waals surface area contributed by atoms with E-state index in [-0.39, 0.29) is 12.5 Å². The van der Waals surface area contributed by atoms with E-state index in [4.69, 9.17) is 0 Å². The molecular formula is C17H20N4O. The summed E-state index contributed by atoms with van der Waals surface area (Å²) in [5.41, 5.74) is 7.64. The third-order valence-electron chi connectivity index (χ3n) is 3.18. The van der Waals surface area contributed by atoms with Gasteiger partial charge in [-0.25, -0.2) is 5.43 Å². The van der Waals surface area contributed by atoms with Crippen molar-refractivity contribution in [3.8, 4) is 0 Å². The predicted molar refractivity (Wildman–Crippen MR) is 89.1 cm³/mol. The standard InChI is InChI=1S/C17H20N4O/c1-12-8-13(2)17(14(3)9-12)19-11-16(22)21-20-10-15-6-4-5-7-18-15/h4-10,19H,11H2,1-3H3,(H,21,22)/b20-10-. The first-order valence-electron chi connectivity index (χ1n) is 7.11. The van der Waals surface area contributed by atoms with E-state index >= 15 is 0 Å². The Hall–Kier alpha value is -2.69. The molecule has 0 aliphatic rings. The number of pyridine rings is 1. The molecule has 5 heteroatoms. The largest absolute Gasteiger partial charge is 0.376 e. The van der Waals surface area contributed by atoms with Gasteiger partial charge in [-0.1, -0.05) is 23.8 Å². The monoisotopic (exact) mass is 296 g/mol. The van der Waals surface area contributed by atoms with Crippen molar-refractivity contribution >= 4 is 17.8 Å². The predicted octanol–water partition coefficient (Wildman–Crippen LogP) is 2.57. The van der Waals surface area contributed by atoms with Crippen LogP contribution in [0.4, 0.5) is 5.69 Å². The van der Waals surface area contributed by atoms with Gasteiger partial charge >= 0.3 is 0 Å². The molecule has 2 N–H and O–H groups in total. The number of anilines is 1. The van der Waals surface area contributed by atoms with E-state index in [1.165, 1.54) is 11.8 Å². The van der Waals surface area contributed by atoms with Crippen LogP contribution in [0.15, 0.2) is 41.6 Å². The molecule has 0 aliphatic carbocycles. The quantitative estimate of drug-likeness (QED) is 0.658. The highest BCUT2D eigenvalue weighted by molar-refractivity contribution is 5.83. The molecule has 0 unspecified atom stereocenters. The molecule has 1 aromatic carbocycles. The zero-order chi connectivity index (χ0) is 15.9. The first-order chi connectivity index (χ1) is 10.6. The van der Waals surface area contributed by atoms with E-state index in [1.54, 1.807) is 6.20 Å². The van der Waals surface area contributed by atoms with E-state index in [9.17, 15) is 4.79 Å². The third kappa shape index (κ3) is 4.41. The number of benzene rings is 1. The molecule has 2 aromatic rings. The molecule has 22 heavy (non-hydrogen) atoms. The average Bonchev–Trinajstić information content (AvgIpc) is 2.47. The maximum atomic E-state index is 11.8. The number of hydrazone groups is 1. The molecule has 0 atom stereocenters. The lowest BCUT2D eigenvalue weighted by atomic mass is 10.1. The fourth-order valence-corrected chi connectivity index (χ4v) is 2.29. The minimum Gasteiger partial charge on any atom is -0.376 e. The summed E-state index contributed by atoms with van der Waals surface area (Å²) in [6, 6.07) is 9.68. The van der Waals surface area contributed by atoms with Crippen molar-refractivity contribution in [2.45, 2.75) is 20.8 Å². The van der Waals surface area contributed by atoms with Crippen LogP contribution in [0.25, 0.3) is 0 Å². The second kappa shape index (κ2) is 7.36. The van der Waals surface area contributed by atoms with Crippen LogP contribution >= 0.6 is 0 Å². The summed E-state index contributed by atoms with van der Waals surface area (Å²) in [6.45, 7) is 6.28. The highest BCUT2D eigenvalue weighted by Gasteiger charge is 2.05. The average molecular weight is 296 g/mol. The van der Waals surface area contributed by atoms with Gasteiger partial charge in [-0.05, 0) is 44.0 Å². The fourth-order valence-electron chi connectivity index (χ4n) is 2.29. The van der Waals surface area contributed by atoms with Crippen LogP contribution in [0, 0.1) is 20.8 Å². The summed E-state index contributed by atoms with van der Waals surface area (Å²) in [5.74, 6) is -0.202. The number of nitrogens with zero attached hydrogens (tertiary/aromatic N) is 2. The van der Waals surface area contributed by atoms with E-state index in [1.807, 2.05) is 32.0 Å². The molecule has 0 fully saturated rings. The molecule has 0 saturated heterocycles. The molecule has 0 bridgehead atoms. The van der Waals surface area contributed by atoms with Gasteiger partial charge in [0.25, 0.3) is 5.91 Å². The van der Waals surface area contributed by atoms with E-state index < -0.39 is 0 Å². The zero-order valence-corrected chi connectivity index (χ0v) is 13.1. The number of hydrogen-bond donors (Lipinski definition) is 2. The number of aryl methyl sites for hydroxylation is 3. The van der Waals surface area contributed by atoms with Crippen LogP contribution in [0.3, 0.4) is 0 Å². The molecule has 114 valence electrons. The number of hydrogen-bond acceptors (Lipinski definition) is 4. The highest BCUT2D eigenvalue weighted by Crippen LogP contribution is 2.21. The van der Waals surface area contributed by atoms with Gasteiger partial charge in [0, 0.05) is 11.9 Å². The Balaban J connectivity index is 1.87. The number of aromatic nitrogens is 1. The van der Waals surface area contributed by atoms with Gasteiger partial charge in [0.1, 0.15) is 0 Å². The fraction of sp³-hybridized carbons (Fsp3) is 0.235. The normalized spacial score (nSPS) is 10.7. The van der Waals surface area contributed by atoms with Crippen molar-refractivity contribution in [2.75, 3.05) is 11.9 Å². The van der Waals surface area contributed by atoms with Gasteiger partial charge in [-0.3, -0.25) is 9.78 Å². The van der Waals surface area contributed by atoms with E-state index in [0.29, 0.717) is 5.69 Å². The van der Waals surface area contributed by atoms with Gasteiger partial charge in [0.05, 0.1) is 18.5 Å². The van der Waals surface area contributed by atoms with Crippen LogP contribution in [-0.4, -0.2) is 23.7 Å². The summed E-state index contributed by atoms with van der Waals surface area (Å²) in [4.78, 5) is 15.9. The Morgan fingerprint density at radius 1 is 1.23 bits per heavy atom. The first kappa shape index (κ1) is 15.7. The SMILES string of the molecule is Cc1cc(C)c(NCC(=O)N/N=C\c2ccccn2)c(C)c1. The smallest absolute Gasteiger partial charge is 0.259 e. The van der Waals surface area contributed by atoms with Gasteiger partial charge in [0.15, 0.2) is 0 Å². The molecule has 2 rings (SSSR count). The minimum atomic E-state index is -0.202. The van der Waals surface area contributed by atoms with Crippen LogP contribution < -0.4 is 10.7 Å². The molecule has 1 amide bonds. The van der Waals surface area contributed by atoms with E-state index in [0.717, 1.165) is 16.8 Å². The Labute approximate surface area is 130 Å². The Kier molecular flexibility index (Phi) is 5.25.